The van der Waals surface area contributed by atoms with E-state index in [1.165, 1.54) is 24.6 Å². The molecule has 1 N–H and O–H groups in total. The van der Waals surface area contributed by atoms with E-state index >= 15 is 0 Å². The number of nitrogens with one attached hydrogen (secondary N) is 1. The molecule has 3 rings (SSSR count). The van der Waals surface area contributed by atoms with Gasteiger partial charge in [-0.25, -0.2) is 4.98 Å². The van der Waals surface area contributed by atoms with E-state index in [1.807, 2.05) is 24.3 Å². The fraction of sp³-hybridized carbons (Fsp3) is 0.526. The minimum Gasteiger partial charge on any atom is -0.353 e. The van der Waals surface area contributed by atoms with E-state index in [0.29, 0.717) is 34.4 Å². The van der Waals surface area contributed by atoms with Crippen LogP contribution in [0.2, 0.25) is 0 Å². The van der Waals surface area contributed by atoms with Gasteiger partial charge < -0.3 is 5.32 Å². The Kier molecular flexibility index (Phi) is 6.13. The zero-order valence-electron chi connectivity index (χ0n) is 14.7. The highest BCUT2D eigenvalue weighted by Gasteiger charge is 2.18. The number of carbonyl (C=O) groups is 1. The SMILES string of the molecule is CCCCn1c(SCC(=O)NC2CCCC2)nc2ccccc2c1=O. The number of aromatic nitrogens is 2. The molecule has 0 bridgehead atoms. The second-order valence-corrected chi connectivity index (χ2v) is 7.50. The number of thioether (sulfide) groups is 1. The zero-order valence-corrected chi connectivity index (χ0v) is 15.5. The average molecular weight is 359 g/mol. The van der Waals surface area contributed by atoms with Gasteiger partial charge in [-0.15, -0.1) is 0 Å². The first-order valence-electron chi connectivity index (χ1n) is 9.10. The van der Waals surface area contributed by atoms with Crippen molar-refractivity contribution in [3.8, 4) is 0 Å². The molecule has 0 spiro atoms. The van der Waals surface area contributed by atoms with Crippen LogP contribution in [-0.4, -0.2) is 27.3 Å². The van der Waals surface area contributed by atoms with Gasteiger partial charge in [0, 0.05) is 12.6 Å². The molecule has 0 radical (unpaired) electrons. The van der Waals surface area contributed by atoms with E-state index in [-0.39, 0.29) is 11.5 Å². The molecule has 0 saturated heterocycles. The highest BCUT2D eigenvalue weighted by Crippen LogP contribution is 2.20. The molecule has 1 aliphatic carbocycles. The Morgan fingerprint density at radius 1 is 1.32 bits per heavy atom. The Bertz CT molecular complexity index is 797. The number of benzene rings is 1. The summed E-state index contributed by atoms with van der Waals surface area (Å²) in [5.41, 5.74) is 0.678. The van der Waals surface area contributed by atoms with Crippen molar-refractivity contribution >= 4 is 28.6 Å². The standard InChI is InChI=1S/C19H25N3O2S/c1-2-3-12-22-18(24)15-10-6-7-11-16(15)21-19(22)25-13-17(23)20-14-8-4-5-9-14/h6-7,10-11,14H,2-5,8-9,12-13H2,1H3,(H,20,23). The van der Waals surface area contributed by atoms with Gasteiger partial charge in [0.2, 0.25) is 5.91 Å². The maximum atomic E-state index is 12.8. The molecule has 1 saturated carbocycles. The van der Waals surface area contributed by atoms with Crippen LogP contribution in [0.5, 0.6) is 0 Å². The first-order valence-corrected chi connectivity index (χ1v) is 10.1. The van der Waals surface area contributed by atoms with E-state index in [1.54, 1.807) is 4.57 Å². The number of carbonyl (C=O) groups excluding carboxylic acids is 1. The molecule has 0 atom stereocenters. The van der Waals surface area contributed by atoms with Crippen molar-refractivity contribution in [3.05, 3.63) is 34.6 Å². The zero-order chi connectivity index (χ0) is 17.6. The van der Waals surface area contributed by atoms with Crippen molar-refractivity contribution in [2.75, 3.05) is 5.75 Å². The minimum absolute atomic E-state index is 0.0160. The number of para-hydroxylation sites is 1. The second-order valence-electron chi connectivity index (χ2n) is 6.56. The van der Waals surface area contributed by atoms with Gasteiger partial charge in [0.15, 0.2) is 5.16 Å². The van der Waals surface area contributed by atoms with Crippen LogP contribution in [0.1, 0.15) is 45.4 Å². The number of amides is 1. The summed E-state index contributed by atoms with van der Waals surface area (Å²) in [5, 5.41) is 4.36. The van der Waals surface area contributed by atoms with Crippen molar-refractivity contribution in [1.82, 2.24) is 14.9 Å². The van der Waals surface area contributed by atoms with Gasteiger partial charge in [-0.05, 0) is 31.4 Å². The van der Waals surface area contributed by atoms with Crippen molar-refractivity contribution in [1.29, 1.82) is 0 Å². The molecule has 2 aromatic rings. The van der Waals surface area contributed by atoms with Crippen molar-refractivity contribution < 1.29 is 4.79 Å². The first-order chi connectivity index (χ1) is 12.2. The third-order valence-corrected chi connectivity index (χ3v) is 5.59. The molecule has 1 aromatic heterocycles. The lowest BCUT2D eigenvalue weighted by Crippen LogP contribution is -2.34. The summed E-state index contributed by atoms with van der Waals surface area (Å²) in [6.07, 6.45) is 6.47. The third kappa shape index (κ3) is 4.42. The molecule has 134 valence electrons. The number of fused-ring (bicyclic) bond motifs is 1. The van der Waals surface area contributed by atoms with E-state index in [4.69, 9.17) is 0 Å². The summed E-state index contributed by atoms with van der Waals surface area (Å²) in [7, 11) is 0. The van der Waals surface area contributed by atoms with Gasteiger partial charge in [0.05, 0.1) is 16.7 Å². The van der Waals surface area contributed by atoms with Crippen LogP contribution >= 0.6 is 11.8 Å². The van der Waals surface area contributed by atoms with E-state index in [2.05, 4.69) is 17.2 Å². The molecule has 6 heteroatoms. The predicted octanol–water partition coefficient (Wildman–Crippen LogP) is 3.35. The van der Waals surface area contributed by atoms with Crippen LogP contribution in [0.4, 0.5) is 0 Å². The fourth-order valence-electron chi connectivity index (χ4n) is 3.24. The van der Waals surface area contributed by atoms with E-state index in [9.17, 15) is 9.59 Å². The third-order valence-electron chi connectivity index (χ3n) is 4.61. The molecule has 0 aliphatic heterocycles. The van der Waals surface area contributed by atoms with Gasteiger partial charge in [-0.3, -0.25) is 14.2 Å². The molecule has 1 aliphatic rings. The number of rotatable bonds is 7. The molecule has 1 heterocycles. The summed E-state index contributed by atoms with van der Waals surface area (Å²) < 4.78 is 1.72. The van der Waals surface area contributed by atoms with Crippen LogP contribution < -0.4 is 10.9 Å². The Balaban J connectivity index is 1.78. The van der Waals surface area contributed by atoms with Gasteiger partial charge in [-0.1, -0.05) is 50.1 Å². The molecule has 1 aromatic carbocycles. The average Bonchev–Trinajstić information content (AvgIpc) is 3.12. The Labute approximate surface area is 152 Å². The Morgan fingerprint density at radius 3 is 2.84 bits per heavy atom. The normalized spacial score (nSPS) is 14.9. The van der Waals surface area contributed by atoms with Crippen molar-refractivity contribution in [2.24, 2.45) is 0 Å². The predicted molar refractivity (Wildman–Crippen MR) is 102 cm³/mol. The van der Waals surface area contributed by atoms with Crippen LogP contribution in [0.25, 0.3) is 10.9 Å². The Hall–Kier alpha value is -1.82. The topological polar surface area (TPSA) is 64.0 Å². The van der Waals surface area contributed by atoms with Crippen molar-refractivity contribution in [2.45, 2.75) is 63.2 Å². The molecular formula is C19H25N3O2S. The molecule has 1 fully saturated rings. The minimum atomic E-state index is -0.0160. The molecule has 0 unspecified atom stereocenters. The van der Waals surface area contributed by atoms with Crippen LogP contribution in [0, 0.1) is 0 Å². The molecule has 25 heavy (non-hydrogen) atoms. The van der Waals surface area contributed by atoms with E-state index < -0.39 is 0 Å². The molecule has 1 amide bonds. The summed E-state index contributed by atoms with van der Waals surface area (Å²) >= 11 is 1.36. The number of hydrogen-bond acceptors (Lipinski definition) is 4. The van der Waals surface area contributed by atoms with Gasteiger partial charge in [0.25, 0.3) is 5.56 Å². The summed E-state index contributed by atoms with van der Waals surface area (Å²) in [5.74, 6) is 0.328. The largest absolute Gasteiger partial charge is 0.353 e. The number of nitrogens with zero attached hydrogens (tertiary/aromatic N) is 2. The molecule has 5 nitrogen and oxygen atoms in total. The lowest BCUT2D eigenvalue weighted by molar-refractivity contribution is -0.119. The maximum absolute atomic E-state index is 12.8. The second kappa shape index (κ2) is 8.52. The monoisotopic (exact) mass is 359 g/mol. The fourth-order valence-corrected chi connectivity index (χ4v) is 4.08. The maximum Gasteiger partial charge on any atom is 0.262 e. The van der Waals surface area contributed by atoms with Crippen molar-refractivity contribution in [3.63, 3.8) is 0 Å². The Morgan fingerprint density at radius 2 is 2.08 bits per heavy atom. The molecular weight excluding hydrogens is 334 g/mol. The quantitative estimate of drug-likeness (QED) is 0.608. The van der Waals surface area contributed by atoms with Gasteiger partial charge in [-0.2, -0.15) is 0 Å². The van der Waals surface area contributed by atoms with E-state index in [0.717, 1.165) is 25.7 Å². The highest BCUT2D eigenvalue weighted by atomic mass is 32.2. The summed E-state index contributed by atoms with van der Waals surface area (Å²) in [4.78, 5) is 29.6. The van der Waals surface area contributed by atoms with Crippen LogP contribution in [-0.2, 0) is 11.3 Å². The van der Waals surface area contributed by atoms with Gasteiger partial charge >= 0.3 is 0 Å². The van der Waals surface area contributed by atoms with Crippen LogP contribution in [0.3, 0.4) is 0 Å². The number of hydrogen-bond donors (Lipinski definition) is 1. The lowest BCUT2D eigenvalue weighted by Gasteiger charge is -2.14. The number of unbranched alkanes of at least 4 members (excludes halogenated alkanes) is 1. The first kappa shape index (κ1) is 18.0. The summed E-state index contributed by atoms with van der Waals surface area (Å²) in [6.45, 7) is 2.74. The van der Waals surface area contributed by atoms with Gasteiger partial charge in [0.1, 0.15) is 0 Å². The summed E-state index contributed by atoms with van der Waals surface area (Å²) in [6, 6.07) is 7.72. The lowest BCUT2D eigenvalue weighted by atomic mass is 10.2. The highest BCUT2D eigenvalue weighted by molar-refractivity contribution is 7.99. The smallest absolute Gasteiger partial charge is 0.262 e. The van der Waals surface area contributed by atoms with Crippen LogP contribution in [0.15, 0.2) is 34.2 Å².